The molecule has 1 fully saturated rings. The molecule has 2 aromatic heterocycles. The summed E-state index contributed by atoms with van der Waals surface area (Å²) in [7, 11) is 1.32. The van der Waals surface area contributed by atoms with Crippen LogP contribution < -0.4 is 15.4 Å². The second kappa shape index (κ2) is 10.4. The van der Waals surface area contributed by atoms with E-state index in [0.717, 1.165) is 6.07 Å². The Bertz CT molecular complexity index is 1620. The van der Waals surface area contributed by atoms with Gasteiger partial charge < -0.3 is 24.7 Å². The van der Waals surface area contributed by atoms with E-state index in [1.165, 1.54) is 29.0 Å². The van der Waals surface area contributed by atoms with E-state index >= 15 is 0 Å². The second-order valence-corrected chi connectivity index (χ2v) is 9.56. The van der Waals surface area contributed by atoms with Gasteiger partial charge in [0.15, 0.2) is 11.5 Å². The van der Waals surface area contributed by atoms with E-state index in [-0.39, 0.29) is 65.1 Å². The van der Waals surface area contributed by atoms with Gasteiger partial charge in [0.25, 0.3) is 5.91 Å². The molecule has 208 valence electrons. The molecule has 1 atom stereocenters. The average Bonchev–Trinajstić information content (AvgIpc) is 3.37. The van der Waals surface area contributed by atoms with Crippen molar-refractivity contribution < 1.29 is 31.9 Å². The normalized spacial score (nSPS) is 15.0. The molecule has 2 aromatic carbocycles. The molecule has 1 aliphatic heterocycles. The Morgan fingerprint density at radius 1 is 1.12 bits per heavy atom. The van der Waals surface area contributed by atoms with Crippen molar-refractivity contribution in [3.05, 3.63) is 70.7 Å². The van der Waals surface area contributed by atoms with Crippen molar-refractivity contribution >= 4 is 40.0 Å². The molecule has 0 unspecified atom stereocenters. The van der Waals surface area contributed by atoms with Crippen LogP contribution in [0.1, 0.15) is 34.9 Å². The van der Waals surface area contributed by atoms with Crippen LogP contribution in [0.2, 0.25) is 5.02 Å². The number of piperazine rings is 1. The lowest BCUT2D eigenvalue weighted by molar-refractivity contribution is -0.141. The van der Waals surface area contributed by atoms with Gasteiger partial charge in [-0.3, -0.25) is 9.59 Å². The number of hydrogen-bond donors (Lipinski definition) is 1. The third-order valence-corrected chi connectivity index (χ3v) is 6.80. The fourth-order valence-electron chi connectivity index (χ4n) is 4.53. The van der Waals surface area contributed by atoms with Crippen LogP contribution >= 0.6 is 11.6 Å². The molecule has 0 radical (unpaired) electrons. The minimum atomic E-state index is -4.66. The monoisotopic (exact) mass is 573 g/mol. The third kappa shape index (κ3) is 4.95. The predicted octanol–water partition coefficient (Wildman–Crippen LogP) is 5.08. The predicted molar refractivity (Wildman–Crippen MR) is 141 cm³/mol. The number of benzene rings is 2. The highest BCUT2D eigenvalue weighted by atomic mass is 35.5. The highest BCUT2D eigenvalue weighted by Gasteiger charge is 2.35. The number of para-hydroxylation sites is 1. The standard InChI is InChI=1S/C27H23ClF3N5O4/c1-14(32)24-23(26(38)35-11-12-36(21(37)13-35)18-6-4-3-5-17(18)28)34-25(40-24)16-7-9-19(39-2)22-15(16)8-10-20(33-22)27(29,30)31/h3-10,14H,11-13,32H2,1-2H3/t14-/m0/s1. The molecular formula is C27H23ClF3N5O4. The molecule has 2 N–H and O–H groups in total. The Morgan fingerprint density at radius 2 is 1.88 bits per heavy atom. The Morgan fingerprint density at radius 3 is 2.52 bits per heavy atom. The molecule has 1 aliphatic rings. The molecule has 13 heteroatoms. The third-order valence-electron chi connectivity index (χ3n) is 6.48. The largest absolute Gasteiger partial charge is 0.494 e. The summed E-state index contributed by atoms with van der Waals surface area (Å²) in [6.45, 7) is 1.79. The van der Waals surface area contributed by atoms with E-state index in [2.05, 4.69) is 9.97 Å². The van der Waals surface area contributed by atoms with Gasteiger partial charge in [0.1, 0.15) is 23.5 Å². The Kier molecular flexibility index (Phi) is 7.15. The summed E-state index contributed by atoms with van der Waals surface area (Å²) in [6.07, 6.45) is -4.66. The molecule has 40 heavy (non-hydrogen) atoms. The quantitative estimate of drug-likeness (QED) is 0.354. The first-order valence-corrected chi connectivity index (χ1v) is 12.5. The number of nitrogens with two attached hydrogens (primary N) is 1. The Labute approximate surface area is 231 Å². The summed E-state index contributed by atoms with van der Waals surface area (Å²) in [5, 5.41) is 0.687. The van der Waals surface area contributed by atoms with E-state index in [9.17, 15) is 22.8 Å². The van der Waals surface area contributed by atoms with Gasteiger partial charge in [0, 0.05) is 24.0 Å². The number of methoxy groups -OCH3 is 1. The van der Waals surface area contributed by atoms with Crippen molar-refractivity contribution in [3.63, 3.8) is 0 Å². The topological polar surface area (TPSA) is 115 Å². The lowest BCUT2D eigenvalue weighted by Crippen LogP contribution is -2.52. The van der Waals surface area contributed by atoms with Crippen LogP contribution in [0, 0.1) is 0 Å². The summed E-state index contributed by atoms with van der Waals surface area (Å²) in [6, 6.07) is 11.2. The number of carbonyl (C=O) groups is 2. The lowest BCUT2D eigenvalue weighted by atomic mass is 10.1. The average molecular weight is 574 g/mol. The van der Waals surface area contributed by atoms with Gasteiger partial charge in [-0.05, 0) is 43.3 Å². The second-order valence-electron chi connectivity index (χ2n) is 9.15. The van der Waals surface area contributed by atoms with Crippen molar-refractivity contribution in [2.45, 2.75) is 19.1 Å². The number of nitrogens with zero attached hydrogens (tertiary/aromatic N) is 4. The first-order chi connectivity index (χ1) is 19.0. The van der Waals surface area contributed by atoms with Gasteiger partial charge in [-0.25, -0.2) is 9.97 Å². The molecule has 0 bridgehead atoms. The zero-order valence-corrected chi connectivity index (χ0v) is 22.1. The van der Waals surface area contributed by atoms with Crippen LogP contribution in [0.3, 0.4) is 0 Å². The van der Waals surface area contributed by atoms with Gasteiger partial charge in [-0.1, -0.05) is 23.7 Å². The number of fused-ring (bicyclic) bond motifs is 1. The molecule has 3 heterocycles. The van der Waals surface area contributed by atoms with Gasteiger partial charge in [0.2, 0.25) is 11.8 Å². The molecule has 2 amide bonds. The summed E-state index contributed by atoms with van der Waals surface area (Å²) < 4.78 is 51.1. The van der Waals surface area contributed by atoms with Crippen LogP contribution in [-0.2, 0) is 11.0 Å². The molecule has 4 aromatic rings. The molecule has 1 saturated heterocycles. The highest BCUT2D eigenvalue weighted by molar-refractivity contribution is 6.33. The summed E-state index contributed by atoms with van der Waals surface area (Å²) in [5.74, 6) is -0.734. The van der Waals surface area contributed by atoms with Crippen molar-refractivity contribution in [3.8, 4) is 17.2 Å². The number of hydrogen-bond acceptors (Lipinski definition) is 7. The molecule has 0 spiro atoms. The first kappa shape index (κ1) is 27.4. The zero-order chi connectivity index (χ0) is 28.8. The number of pyridine rings is 1. The summed E-state index contributed by atoms with van der Waals surface area (Å²) in [5.41, 5.74) is 5.70. The van der Waals surface area contributed by atoms with Crippen LogP contribution in [0.25, 0.3) is 22.4 Å². The minimum Gasteiger partial charge on any atom is -0.494 e. The lowest BCUT2D eigenvalue weighted by Gasteiger charge is -2.34. The zero-order valence-electron chi connectivity index (χ0n) is 21.3. The number of aromatic nitrogens is 2. The van der Waals surface area contributed by atoms with E-state index in [1.54, 1.807) is 37.3 Å². The van der Waals surface area contributed by atoms with Crippen molar-refractivity contribution in [1.82, 2.24) is 14.9 Å². The summed E-state index contributed by atoms with van der Waals surface area (Å²) in [4.78, 5) is 37.5. The molecule has 0 aliphatic carbocycles. The van der Waals surface area contributed by atoms with Crippen LogP contribution in [0.4, 0.5) is 18.9 Å². The van der Waals surface area contributed by atoms with E-state index in [0.29, 0.717) is 10.7 Å². The number of halogens is 4. The number of amides is 2. The molecule has 9 nitrogen and oxygen atoms in total. The number of carbonyl (C=O) groups excluding carboxylic acids is 2. The highest BCUT2D eigenvalue weighted by Crippen LogP contribution is 2.37. The van der Waals surface area contributed by atoms with Gasteiger partial charge in [-0.15, -0.1) is 0 Å². The fraction of sp³-hybridized carbons (Fsp3) is 0.259. The fourth-order valence-corrected chi connectivity index (χ4v) is 4.77. The van der Waals surface area contributed by atoms with E-state index < -0.39 is 23.8 Å². The van der Waals surface area contributed by atoms with Crippen LogP contribution in [0.15, 0.2) is 52.9 Å². The molecular weight excluding hydrogens is 551 g/mol. The number of rotatable bonds is 5. The maximum Gasteiger partial charge on any atom is 0.433 e. The number of ether oxygens (including phenoxy) is 1. The number of alkyl halides is 3. The van der Waals surface area contributed by atoms with E-state index in [1.807, 2.05) is 0 Å². The van der Waals surface area contributed by atoms with Gasteiger partial charge in [0.05, 0.1) is 23.9 Å². The first-order valence-electron chi connectivity index (χ1n) is 12.2. The SMILES string of the molecule is COc1ccc(-c2nc(C(=O)N3CCN(c4ccccc4Cl)C(=O)C3)c([C@H](C)N)o2)c2ccc(C(F)(F)F)nc12. The van der Waals surface area contributed by atoms with E-state index in [4.69, 9.17) is 26.5 Å². The number of oxazole rings is 1. The Hall–Kier alpha value is -4.16. The smallest absolute Gasteiger partial charge is 0.433 e. The van der Waals surface area contributed by atoms with Crippen molar-refractivity contribution in [2.24, 2.45) is 5.73 Å². The van der Waals surface area contributed by atoms with Crippen molar-refractivity contribution in [1.29, 1.82) is 0 Å². The van der Waals surface area contributed by atoms with Gasteiger partial charge in [-0.2, -0.15) is 13.2 Å². The maximum atomic E-state index is 13.5. The molecule has 5 rings (SSSR count). The van der Waals surface area contributed by atoms with Gasteiger partial charge >= 0.3 is 6.18 Å². The van der Waals surface area contributed by atoms with Crippen LogP contribution in [-0.4, -0.2) is 53.4 Å². The number of anilines is 1. The van der Waals surface area contributed by atoms with Crippen LogP contribution in [0.5, 0.6) is 5.75 Å². The maximum absolute atomic E-state index is 13.5. The summed E-state index contributed by atoms with van der Waals surface area (Å²) >= 11 is 6.25. The van der Waals surface area contributed by atoms with Crippen molar-refractivity contribution in [2.75, 3.05) is 31.6 Å². The Balaban J connectivity index is 1.50. The molecule has 0 saturated carbocycles. The minimum absolute atomic E-state index is 0.0362.